The van der Waals surface area contributed by atoms with E-state index in [-0.39, 0.29) is 17.4 Å². The fraction of sp³-hybridized carbons (Fsp3) is 0.273. The molecule has 0 atom stereocenters. The first-order chi connectivity index (χ1) is 14.0. The maximum absolute atomic E-state index is 12.7. The molecule has 0 radical (unpaired) electrons. The SMILES string of the molecule is Cc1cccc(-n2c(C)nnc2SCC(=O)c2ccc(N3CCCC3=O)cc2)c1. The third-order valence-corrected chi connectivity index (χ3v) is 5.89. The van der Waals surface area contributed by atoms with Gasteiger partial charge in [0, 0.05) is 29.9 Å². The first kappa shape index (κ1) is 19.4. The molecule has 1 saturated heterocycles. The van der Waals surface area contributed by atoms with Gasteiger partial charge >= 0.3 is 0 Å². The van der Waals surface area contributed by atoms with Crippen LogP contribution >= 0.6 is 11.8 Å². The van der Waals surface area contributed by atoms with Crippen LogP contribution in [-0.4, -0.2) is 38.8 Å². The standard InChI is InChI=1S/C22H22N4O2S/c1-15-5-3-6-19(13-15)26-16(2)23-24-22(26)29-14-20(27)17-8-10-18(11-9-17)25-12-4-7-21(25)28/h3,5-6,8-11,13H,4,7,12,14H2,1-2H3. The number of amides is 1. The first-order valence-corrected chi connectivity index (χ1v) is 10.6. The van der Waals surface area contributed by atoms with Crippen molar-refractivity contribution in [3.8, 4) is 5.69 Å². The van der Waals surface area contributed by atoms with Crippen molar-refractivity contribution in [2.45, 2.75) is 31.8 Å². The van der Waals surface area contributed by atoms with E-state index in [4.69, 9.17) is 0 Å². The maximum atomic E-state index is 12.7. The summed E-state index contributed by atoms with van der Waals surface area (Å²) in [6.07, 6.45) is 1.48. The van der Waals surface area contributed by atoms with Crippen molar-refractivity contribution in [3.05, 3.63) is 65.5 Å². The van der Waals surface area contributed by atoms with Crippen LogP contribution in [0.3, 0.4) is 0 Å². The molecule has 0 bridgehead atoms. The van der Waals surface area contributed by atoms with Crippen LogP contribution in [0.4, 0.5) is 5.69 Å². The van der Waals surface area contributed by atoms with E-state index in [1.165, 1.54) is 11.8 Å². The lowest BCUT2D eigenvalue weighted by Gasteiger charge is -2.15. The third kappa shape index (κ3) is 4.10. The lowest BCUT2D eigenvalue weighted by atomic mass is 10.1. The van der Waals surface area contributed by atoms with Gasteiger partial charge in [-0.1, -0.05) is 23.9 Å². The molecule has 0 aliphatic carbocycles. The second kappa shape index (κ2) is 8.21. The van der Waals surface area contributed by atoms with Gasteiger partial charge in [0.15, 0.2) is 10.9 Å². The summed E-state index contributed by atoms with van der Waals surface area (Å²) in [5.74, 6) is 1.22. The molecule has 0 unspecified atom stereocenters. The molecule has 1 fully saturated rings. The predicted octanol–water partition coefficient (Wildman–Crippen LogP) is 3.99. The Morgan fingerprint density at radius 1 is 1.07 bits per heavy atom. The van der Waals surface area contributed by atoms with Gasteiger partial charge in [-0.3, -0.25) is 14.2 Å². The minimum absolute atomic E-state index is 0.0192. The Morgan fingerprint density at radius 3 is 2.55 bits per heavy atom. The molecule has 0 saturated carbocycles. The molecule has 3 aromatic rings. The number of ketones is 1. The summed E-state index contributed by atoms with van der Waals surface area (Å²) in [5.41, 5.74) is 3.62. The number of hydrogen-bond acceptors (Lipinski definition) is 5. The van der Waals surface area contributed by atoms with E-state index in [0.29, 0.717) is 17.1 Å². The van der Waals surface area contributed by atoms with Gasteiger partial charge in [0.05, 0.1) is 5.75 Å². The first-order valence-electron chi connectivity index (χ1n) is 9.58. The normalized spacial score (nSPS) is 13.9. The highest BCUT2D eigenvalue weighted by molar-refractivity contribution is 7.99. The summed E-state index contributed by atoms with van der Waals surface area (Å²) in [6.45, 7) is 4.69. The molecule has 148 valence electrons. The van der Waals surface area contributed by atoms with E-state index in [9.17, 15) is 9.59 Å². The Labute approximate surface area is 173 Å². The van der Waals surface area contributed by atoms with Crippen LogP contribution in [0, 0.1) is 13.8 Å². The predicted molar refractivity (Wildman–Crippen MR) is 114 cm³/mol. The van der Waals surface area contributed by atoms with Crippen LogP contribution < -0.4 is 4.90 Å². The molecule has 7 heteroatoms. The number of nitrogens with zero attached hydrogens (tertiary/aromatic N) is 4. The number of benzene rings is 2. The van der Waals surface area contributed by atoms with E-state index < -0.39 is 0 Å². The van der Waals surface area contributed by atoms with Crippen LogP contribution in [0.15, 0.2) is 53.7 Å². The van der Waals surface area contributed by atoms with E-state index >= 15 is 0 Å². The number of aromatic nitrogens is 3. The zero-order valence-corrected chi connectivity index (χ0v) is 17.3. The fourth-order valence-electron chi connectivity index (χ4n) is 3.46. The van der Waals surface area contributed by atoms with E-state index in [2.05, 4.69) is 16.3 Å². The van der Waals surface area contributed by atoms with Gasteiger partial charge in [-0.15, -0.1) is 10.2 Å². The molecule has 4 rings (SSSR count). The summed E-state index contributed by atoms with van der Waals surface area (Å²) in [6, 6.07) is 15.4. The van der Waals surface area contributed by atoms with Crippen molar-refractivity contribution >= 4 is 29.1 Å². The summed E-state index contributed by atoms with van der Waals surface area (Å²) < 4.78 is 1.97. The van der Waals surface area contributed by atoms with Crippen molar-refractivity contribution in [3.63, 3.8) is 0 Å². The molecule has 1 amide bonds. The monoisotopic (exact) mass is 406 g/mol. The van der Waals surface area contributed by atoms with Crippen molar-refractivity contribution in [1.29, 1.82) is 0 Å². The topological polar surface area (TPSA) is 68.1 Å². The number of carbonyl (C=O) groups excluding carboxylic acids is 2. The van der Waals surface area contributed by atoms with E-state index in [0.717, 1.165) is 35.7 Å². The van der Waals surface area contributed by atoms with Gasteiger partial charge in [-0.05, 0) is 62.2 Å². The highest BCUT2D eigenvalue weighted by Gasteiger charge is 2.22. The van der Waals surface area contributed by atoms with Gasteiger partial charge in [0.1, 0.15) is 5.82 Å². The minimum atomic E-state index is 0.0192. The number of rotatable bonds is 6. The summed E-state index contributed by atoms with van der Waals surface area (Å²) in [5, 5.41) is 9.12. The molecular weight excluding hydrogens is 384 g/mol. The molecule has 0 N–H and O–H groups in total. The Morgan fingerprint density at radius 2 is 1.86 bits per heavy atom. The van der Waals surface area contributed by atoms with E-state index in [1.54, 1.807) is 17.0 Å². The Balaban J connectivity index is 1.46. The summed E-state index contributed by atoms with van der Waals surface area (Å²) in [4.78, 5) is 26.3. The van der Waals surface area contributed by atoms with Crippen LogP contribution in [-0.2, 0) is 4.79 Å². The zero-order chi connectivity index (χ0) is 20.4. The molecular formula is C22H22N4O2S. The summed E-state index contributed by atoms with van der Waals surface area (Å²) in [7, 11) is 0. The van der Waals surface area contributed by atoms with Crippen molar-refractivity contribution in [2.75, 3.05) is 17.2 Å². The Hall–Kier alpha value is -2.93. The zero-order valence-electron chi connectivity index (χ0n) is 16.5. The number of Topliss-reactive ketones (excluding diaryl/α,β-unsaturated/α-hetero) is 1. The number of thioether (sulfide) groups is 1. The largest absolute Gasteiger partial charge is 0.312 e. The molecule has 2 aromatic carbocycles. The highest BCUT2D eigenvalue weighted by atomic mass is 32.2. The minimum Gasteiger partial charge on any atom is -0.312 e. The van der Waals surface area contributed by atoms with Crippen LogP contribution in [0.5, 0.6) is 0 Å². The van der Waals surface area contributed by atoms with Crippen LogP contribution in [0.25, 0.3) is 5.69 Å². The number of carbonyl (C=O) groups is 2. The van der Waals surface area contributed by atoms with E-state index in [1.807, 2.05) is 48.7 Å². The molecule has 6 nitrogen and oxygen atoms in total. The number of anilines is 1. The average molecular weight is 407 g/mol. The average Bonchev–Trinajstić information content (AvgIpc) is 3.31. The maximum Gasteiger partial charge on any atom is 0.227 e. The quantitative estimate of drug-likeness (QED) is 0.457. The lowest BCUT2D eigenvalue weighted by molar-refractivity contribution is -0.117. The lowest BCUT2D eigenvalue weighted by Crippen LogP contribution is -2.23. The Kier molecular flexibility index (Phi) is 5.49. The van der Waals surface area contributed by atoms with Crippen LogP contribution in [0.2, 0.25) is 0 Å². The summed E-state index contributed by atoms with van der Waals surface area (Å²) >= 11 is 1.38. The number of aryl methyl sites for hydroxylation is 2. The van der Waals surface area contributed by atoms with Crippen molar-refractivity contribution in [2.24, 2.45) is 0 Å². The third-order valence-electron chi connectivity index (χ3n) is 4.96. The van der Waals surface area contributed by atoms with Gasteiger partial charge in [-0.25, -0.2) is 0 Å². The molecule has 29 heavy (non-hydrogen) atoms. The molecule has 1 aliphatic rings. The van der Waals surface area contributed by atoms with Crippen molar-refractivity contribution < 1.29 is 9.59 Å². The molecule has 1 aromatic heterocycles. The molecule has 1 aliphatic heterocycles. The Bertz CT molecular complexity index is 1060. The highest BCUT2D eigenvalue weighted by Crippen LogP contribution is 2.25. The van der Waals surface area contributed by atoms with Crippen LogP contribution in [0.1, 0.15) is 34.6 Å². The van der Waals surface area contributed by atoms with Crippen molar-refractivity contribution in [1.82, 2.24) is 14.8 Å². The second-order valence-corrected chi connectivity index (χ2v) is 8.05. The fourth-order valence-corrected chi connectivity index (χ4v) is 4.35. The number of hydrogen-bond donors (Lipinski definition) is 0. The van der Waals surface area contributed by atoms with Gasteiger partial charge in [-0.2, -0.15) is 0 Å². The molecule has 2 heterocycles. The van der Waals surface area contributed by atoms with Gasteiger partial charge < -0.3 is 4.90 Å². The van der Waals surface area contributed by atoms with Gasteiger partial charge in [0.2, 0.25) is 5.91 Å². The smallest absolute Gasteiger partial charge is 0.227 e. The second-order valence-electron chi connectivity index (χ2n) is 7.11. The van der Waals surface area contributed by atoms with Gasteiger partial charge in [0.25, 0.3) is 0 Å². The molecule has 0 spiro atoms.